The molecular formula is C22H28O2. The second-order valence-corrected chi connectivity index (χ2v) is 8.24. The fraction of sp³-hybridized carbons (Fsp3) is 0.455. The van der Waals surface area contributed by atoms with Gasteiger partial charge in [-0.05, 0) is 58.1 Å². The van der Waals surface area contributed by atoms with Crippen LogP contribution in [0.4, 0.5) is 0 Å². The van der Waals surface area contributed by atoms with Gasteiger partial charge in [0.25, 0.3) is 0 Å². The molecule has 2 aromatic rings. The first-order valence-corrected chi connectivity index (χ1v) is 8.78. The summed E-state index contributed by atoms with van der Waals surface area (Å²) in [5.74, 6) is 0.838. The predicted octanol–water partition coefficient (Wildman–Crippen LogP) is 5.11. The summed E-state index contributed by atoms with van der Waals surface area (Å²) in [7, 11) is 0. The Balaban J connectivity index is 1.80. The van der Waals surface area contributed by atoms with Crippen LogP contribution in [0.2, 0.25) is 0 Å². The van der Waals surface area contributed by atoms with Gasteiger partial charge in [-0.1, -0.05) is 58.0 Å². The van der Waals surface area contributed by atoms with Gasteiger partial charge in [-0.15, -0.1) is 0 Å². The van der Waals surface area contributed by atoms with E-state index in [1.165, 1.54) is 29.5 Å². The highest BCUT2D eigenvalue weighted by atomic mass is 16.5. The van der Waals surface area contributed by atoms with Crippen molar-refractivity contribution < 1.29 is 9.84 Å². The van der Waals surface area contributed by atoms with Gasteiger partial charge >= 0.3 is 0 Å². The summed E-state index contributed by atoms with van der Waals surface area (Å²) >= 11 is 0. The quantitative estimate of drug-likeness (QED) is 0.847. The van der Waals surface area contributed by atoms with Crippen LogP contribution in [0.25, 0.3) is 0 Å². The predicted molar refractivity (Wildman–Crippen MR) is 98.4 cm³/mol. The molecule has 2 aromatic carbocycles. The SMILES string of the molecule is CC1(C)CCC(C)(C)c2cc(COc3ccc(CO)cc3)ccc21. The summed E-state index contributed by atoms with van der Waals surface area (Å²) in [6.07, 6.45) is 2.46. The van der Waals surface area contributed by atoms with Gasteiger partial charge in [0.05, 0.1) is 6.61 Å². The maximum atomic E-state index is 9.10. The zero-order valence-electron chi connectivity index (χ0n) is 15.2. The molecule has 0 saturated heterocycles. The molecule has 0 spiro atoms. The minimum atomic E-state index is 0.0654. The Morgan fingerprint density at radius 2 is 1.42 bits per heavy atom. The van der Waals surface area contributed by atoms with Gasteiger partial charge in [0, 0.05) is 0 Å². The van der Waals surface area contributed by atoms with E-state index in [2.05, 4.69) is 45.9 Å². The Bertz CT molecular complexity index is 711. The molecule has 1 aliphatic rings. The molecule has 0 saturated carbocycles. The Kier molecular flexibility index (Phi) is 4.44. The van der Waals surface area contributed by atoms with Gasteiger partial charge in [0.15, 0.2) is 0 Å². The van der Waals surface area contributed by atoms with Gasteiger partial charge in [0.2, 0.25) is 0 Å². The normalized spacial score (nSPS) is 18.0. The van der Waals surface area contributed by atoms with Crippen LogP contribution in [0.5, 0.6) is 5.75 Å². The molecule has 2 nitrogen and oxygen atoms in total. The van der Waals surface area contributed by atoms with E-state index in [9.17, 15) is 0 Å². The van der Waals surface area contributed by atoms with Crippen LogP contribution in [-0.4, -0.2) is 5.11 Å². The number of hydrogen-bond donors (Lipinski definition) is 1. The third kappa shape index (κ3) is 3.34. The molecule has 0 amide bonds. The van der Waals surface area contributed by atoms with E-state index in [0.717, 1.165) is 11.3 Å². The number of aliphatic hydroxyl groups is 1. The van der Waals surface area contributed by atoms with E-state index in [-0.39, 0.29) is 17.4 Å². The van der Waals surface area contributed by atoms with Crippen molar-refractivity contribution in [2.24, 2.45) is 0 Å². The molecule has 0 heterocycles. The molecule has 0 radical (unpaired) electrons. The number of rotatable bonds is 4. The van der Waals surface area contributed by atoms with Crippen molar-refractivity contribution in [3.8, 4) is 5.75 Å². The first-order chi connectivity index (χ1) is 11.3. The van der Waals surface area contributed by atoms with E-state index in [0.29, 0.717) is 6.61 Å². The van der Waals surface area contributed by atoms with Gasteiger partial charge in [-0.3, -0.25) is 0 Å². The van der Waals surface area contributed by atoms with Crippen LogP contribution in [0.3, 0.4) is 0 Å². The van der Waals surface area contributed by atoms with Crippen molar-refractivity contribution in [3.05, 3.63) is 64.7 Å². The largest absolute Gasteiger partial charge is 0.489 e. The Morgan fingerprint density at radius 1 is 0.833 bits per heavy atom. The van der Waals surface area contributed by atoms with Crippen LogP contribution in [-0.2, 0) is 24.0 Å². The number of aliphatic hydroxyl groups excluding tert-OH is 1. The maximum absolute atomic E-state index is 9.10. The van der Waals surface area contributed by atoms with Crippen LogP contribution < -0.4 is 4.74 Å². The van der Waals surface area contributed by atoms with Gasteiger partial charge in [-0.25, -0.2) is 0 Å². The molecule has 0 bridgehead atoms. The van der Waals surface area contributed by atoms with Crippen molar-refractivity contribution in [1.82, 2.24) is 0 Å². The zero-order chi connectivity index (χ0) is 17.4. The van der Waals surface area contributed by atoms with Crippen molar-refractivity contribution in [3.63, 3.8) is 0 Å². The summed E-state index contributed by atoms with van der Waals surface area (Å²) < 4.78 is 5.92. The lowest BCUT2D eigenvalue weighted by Gasteiger charge is -2.42. The molecule has 24 heavy (non-hydrogen) atoms. The zero-order valence-corrected chi connectivity index (χ0v) is 15.2. The highest BCUT2D eigenvalue weighted by molar-refractivity contribution is 5.43. The average Bonchev–Trinajstić information content (AvgIpc) is 2.58. The fourth-order valence-corrected chi connectivity index (χ4v) is 3.58. The minimum absolute atomic E-state index is 0.0654. The van der Waals surface area contributed by atoms with Crippen molar-refractivity contribution in [1.29, 1.82) is 0 Å². The summed E-state index contributed by atoms with van der Waals surface area (Å²) in [5, 5.41) is 9.10. The molecule has 128 valence electrons. The lowest BCUT2D eigenvalue weighted by Crippen LogP contribution is -2.33. The van der Waals surface area contributed by atoms with Crippen LogP contribution >= 0.6 is 0 Å². The third-order valence-electron chi connectivity index (χ3n) is 5.43. The second-order valence-electron chi connectivity index (χ2n) is 8.24. The Morgan fingerprint density at radius 3 is 2.04 bits per heavy atom. The van der Waals surface area contributed by atoms with E-state index in [1.54, 1.807) is 0 Å². The first-order valence-electron chi connectivity index (χ1n) is 8.78. The molecule has 0 fully saturated rings. The Labute approximate surface area is 145 Å². The topological polar surface area (TPSA) is 29.5 Å². The molecule has 0 atom stereocenters. The molecule has 0 aliphatic heterocycles. The number of benzene rings is 2. The van der Waals surface area contributed by atoms with Crippen LogP contribution in [0.15, 0.2) is 42.5 Å². The van der Waals surface area contributed by atoms with Crippen LogP contribution in [0, 0.1) is 0 Å². The second kappa shape index (κ2) is 6.25. The Hall–Kier alpha value is -1.80. The summed E-state index contributed by atoms with van der Waals surface area (Å²) in [6, 6.07) is 14.4. The monoisotopic (exact) mass is 324 g/mol. The van der Waals surface area contributed by atoms with Gasteiger partial charge in [0.1, 0.15) is 12.4 Å². The fourth-order valence-electron chi connectivity index (χ4n) is 3.58. The smallest absolute Gasteiger partial charge is 0.119 e. The molecular weight excluding hydrogens is 296 g/mol. The third-order valence-corrected chi connectivity index (χ3v) is 5.43. The van der Waals surface area contributed by atoms with Gasteiger partial charge in [-0.2, -0.15) is 0 Å². The lowest BCUT2D eigenvalue weighted by atomic mass is 9.63. The van der Waals surface area contributed by atoms with Crippen molar-refractivity contribution in [2.75, 3.05) is 0 Å². The van der Waals surface area contributed by atoms with Crippen molar-refractivity contribution in [2.45, 2.75) is 64.6 Å². The van der Waals surface area contributed by atoms with Gasteiger partial charge < -0.3 is 9.84 Å². The van der Waals surface area contributed by atoms with E-state index in [4.69, 9.17) is 9.84 Å². The molecule has 3 rings (SSSR count). The standard InChI is InChI=1S/C22H28O2/c1-21(2)11-12-22(3,4)20-13-17(7-10-19(20)21)15-24-18-8-5-16(14-23)6-9-18/h5-10,13,23H,11-12,14-15H2,1-4H3. The summed E-state index contributed by atoms with van der Waals surface area (Å²) in [4.78, 5) is 0. The average molecular weight is 324 g/mol. The summed E-state index contributed by atoms with van der Waals surface area (Å²) in [6.45, 7) is 10.0. The highest BCUT2D eigenvalue weighted by Crippen LogP contribution is 2.45. The molecule has 1 N–H and O–H groups in total. The number of hydrogen-bond acceptors (Lipinski definition) is 2. The highest BCUT2D eigenvalue weighted by Gasteiger charge is 2.36. The minimum Gasteiger partial charge on any atom is -0.489 e. The maximum Gasteiger partial charge on any atom is 0.119 e. The number of ether oxygens (including phenoxy) is 1. The first kappa shape index (κ1) is 17.0. The molecule has 0 aromatic heterocycles. The molecule has 2 heteroatoms. The van der Waals surface area contributed by atoms with E-state index in [1.807, 2.05) is 24.3 Å². The van der Waals surface area contributed by atoms with E-state index < -0.39 is 0 Å². The summed E-state index contributed by atoms with van der Waals surface area (Å²) in [5.41, 5.74) is 5.55. The van der Waals surface area contributed by atoms with Crippen LogP contribution in [0.1, 0.15) is 62.8 Å². The van der Waals surface area contributed by atoms with Crippen molar-refractivity contribution >= 4 is 0 Å². The molecule has 0 unspecified atom stereocenters. The lowest BCUT2D eigenvalue weighted by molar-refractivity contribution is 0.280. The number of fused-ring (bicyclic) bond motifs is 1. The molecule has 1 aliphatic carbocycles. The van der Waals surface area contributed by atoms with E-state index >= 15 is 0 Å².